The number of hydrogen-bond acceptors (Lipinski definition) is 2. The summed E-state index contributed by atoms with van der Waals surface area (Å²) >= 11 is 2.15. The van der Waals surface area contributed by atoms with Crippen LogP contribution in [0.2, 0.25) is 0 Å². The predicted octanol–water partition coefficient (Wildman–Crippen LogP) is 2.27. The average Bonchev–Trinajstić information content (AvgIpc) is 3.12. The first kappa shape index (κ1) is 13.3. The smallest absolute Gasteiger partial charge is 0.326 e. The van der Waals surface area contributed by atoms with Crippen molar-refractivity contribution in [1.82, 2.24) is 5.32 Å². The van der Waals surface area contributed by atoms with Gasteiger partial charge < -0.3 is 10.4 Å². The first-order valence-corrected chi connectivity index (χ1v) is 6.93. The molecule has 4 nitrogen and oxygen atoms in total. The van der Waals surface area contributed by atoms with Crippen LogP contribution in [0.25, 0.3) is 0 Å². The number of nitrogens with one attached hydrogen (secondary N) is 1. The van der Waals surface area contributed by atoms with Gasteiger partial charge >= 0.3 is 5.97 Å². The monoisotopic (exact) mass is 359 g/mol. The molecule has 0 saturated heterocycles. The Bertz CT molecular complexity index is 454. The van der Waals surface area contributed by atoms with Crippen LogP contribution in [-0.2, 0) is 4.79 Å². The molecule has 1 unspecified atom stereocenters. The number of benzene rings is 1. The van der Waals surface area contributed by atoms with Crippen LogP contribution in [0.15, 0.2) is 24.3 Å². The van der Waals surface area contributed by atoms with Crippen LogP contribution in [0.5, 0.6) is 0 Å². The molecule has 0 heterocycles. The normalized spacial score (nSPS) is 16.1. The number of carbonyl (C=O) groups excluding carboxylic acids is 1. The van der Waals surface area contributed by atoms with Crippen molar-refractivity contribution in [2.45, 2.75) is 25.3 Å². The average molecular weight is 359 g/mol. The molecule has 2 rings (SSSR count). The fraction of sp³-hybridized carbons (Fsp3) is 0.385. The van der Waals surface area contributed by atoms with Crippen molar-refractivity contribution in [2.24, 2.45) is 5.92 Å². The lowest BCUT2D eigenvalue weighted by atomic mass is 10.1. The van der Waals surface area contributed by atoms with Gasteiger partial charge in [-0.15, -0.1) is 0 Å². The van der Waals surface area contributed by atoms with Crippen LogP contribution in [-0.4, -0.2) is 23.0 Å². The minimum atomic E-state index is -0.958. The van der Waals surface area contributed by atoms with E-state index in [0.29, 0.717) is 17.9 Å². The zero-order valence-electron chi connectivity index (χ0n) is 9.73. The maximum absolute atomic E-state index is 11.9. The minimum absolute atomic E-state index is 0.320. The predicted molar refractivity (Wildman–Crippen MR) is 75.4 cm³/mol. The van der Waals surface area contributed by atoms with Crippen molar-refractivity contribution in [3.05, 3.63) is 33.4 Å². The summed E-state index contributed by atoms with van der Waals surface area (Å²) in [5.74, 6) is -0.816. The lowest BCUT2D eigenvalue weighted by molar-refractivity contribution is -0.139. The van der Waals surface area contributed by atoms with Gasteiger partial charge in [-0.1, -0.05) is 12.8 Å². The molecule has 1 fully saturated rings. The highest BCUT2D eigenvalue weighted by molar-refractivity contribution is 14.1. The minimum Gasteiger partial charge on any atom is -0.480 e. The highest BCUT2D eigenvalue weighted by Gasteiger charge is 2.30. The van der Waals surface area contributed by atoms with E-state index >= 15 is 0 Å². The zero-order chi connectivity index (χ0) is 13.1. The Morgan fingerprint density at radius 2 is 1.94 bits per heavy atom. The fourth-order valence-electron chi connectivity index (χ4n) is 1.75. The molecule has 1 amide bonds. The van der Waals surface area contributed by atoms with E-state index < -0.39 is 12.0 Å². The third-order valence-electron chi connectivity index (χ3n) is 2.98. The topological polar surface area (TPSA) is 66.4 Å². The van der Waals surface area contributed by atoms with Crippen LogP contribution in [0.4, 0.5) is 0 Å². The number of amides is 1. The Kier molecular flexibility index (Phi) is 4.21. The second-order valence-electron chi connectivity index (χ2n) is 4.55. The number of carboxylic acid groups (broad SMARTS) is 1. The van der Waals surface area contributed by atoms with E-state index in [1.807, 2.05) is 12.1 Å². The molecule has 1 aromatic carbocycles. The quantitative estimate of drug-likeness (QED) is 0.793. The second kappa shape index (κ2) is 5.69. The molecule has 18 heavy (non-hydrogen) atoms. The van der Waals surface area contributed by atoms with Crippen LogP contribution in [0.3, 0.4) is 0 Å². The molecule has 1 aliphatic carbocycles. The van der Waals surface area contributed by atoms with Gasteiger partial charge in [0, 0.05) is 9.13 Å². The van der Waals surface area contributed by atoms with E-state index in [1.165, 1.54) is 0 Å². The maximum atomic E-state index is 11.9. The maximum Gasteiger partial charge on any atom is 0.326 e. The molecule has 0 radical (unpaired) electrons. The molecule has 1 aliphatic rings. The number of aliphatic carboxylic acids is 1. The molecule has 5 heteroatoms. The van der Waals surface area contributed by atoms with Crippen LogP contribution >= 0.6 is 22.6 Å². The fourth-order valence-corrected chi connectivity index (χ4v) is 2.11. The summed E-state index contributed by atoms with van der Waals surface area (Å²) in [6.45, 7) is 0. The summed E-state index contributed by atoms with van der Waals surface area (Å²) in [6, 6.07) is 6.28. The first-order valence-electron chi connectivity index (χ1n) is 5.85. The van der Waals surface area contributed by atoms with Crippen LogP contribution in [0.1, 0.15) is 29.6 Å². The number of carboxylic acids is 1. The standard InChI is InChI=1S/C13H14INO3/c14-10-5-3-9(4-6-10)12(16)15-11(13(17)18)7-8-1-2-8/h3-6,8,11H,1-2,7H2,(H,15,16)(H,17,18). The zero-order valence-corrected chi connectivity index (χ0v) is 11.9. The molecule has 1 aromatic rings. The highest BCUT2D eigenvalue weighted by atomic mass is 127. The summed E-state index contributed by atoms with van der Waals surface area (Å²) in [4.78, 5) is 23.0. The Balaban J connectivity index is 1.99. The van der Waals surface area contributed by atoms with Gasteiger partial charge in [-0.2, -0.15) is 0 Å². The van der Waals surface area contributed by atoms with Crippen LogP contribution in [0, 0.1) is 9.49 Å². The lowest BCUT2D eigenvalue weighted by Gasteiger charge is -2.14. The van der Waals surface area contributed by atoms with E-state index in [0.717, 1.165) is 16.4 Å². The number of hydrogen-bond donors (Lipinski definition) is 2. The van der Waals surface area contributed by atoms with Crippen molar-refractivity contribution in [3.8, 4) is 0 Å². The van der Waals surface area contributed by atoms with Gasteiger partial charge in [0.2, 0.25) is 0 Å². The van der Waals surface area contributed by atoms with Gasteiger partial charge in [0.1, 0.15) is 6.04 Å². The van der Waals surface area contributed by atoms with Crippen molar-refractivity contribution in [1.29, 1.82) is 0 Å². The van der Waals surface area contributed by atoms with Gasteiger partial charge in [0.25, 0.3) is 5.91 Å². The summed E-state index contributed by atoms with van der Waals surface area (Å²) in [5, 5.41) is 11.7. The molecule has 2 N–H and O–H groups in total. The van der Waals surface area contributed by atoms with Gasteiger partial charge in [-0.05, 0) is 59.2 Å². The SMILES string of the molecule is O=C(NC(CC1CC1)C(=O)O)c1ccc(I)cc1. The summed E-state index contributed by atoms with van der Waals surface area (Å²) < 4.78 is 1.04. The molecule has 0 spiro atoms. The van der Waals surface area contributed by atoms with Crippen molar-refractivity contribution >= 4 is 34.5 Å². The van der Waals surface area contributed by atoms with Gasteiger partial charge in [-0.3, -0.25) is 4.79 Å². The summed E-state index contributed by atoms with van der Waals surface area (Å²) in [7, 11) is 0. The van der Waals surface area contributed by atoms with Gasteiger partial charge in [0.15, 0.2) is 0 Å². The highest BCUT2D eigenvalue weighted by Crippen LogP contribution is 2.33. The van der Waals surface area contributed by atoms with Gasteiger partial charge in [-0.25, -0.2) is 4.79 Å². The number of rotatable bonds is 5. The van der Waals surface area contributed by atoms with E-state index in [-0.39, 0.29) is 5.91 Å². The van der Waals surface area contributed by atoms with Crippen LogP contribution < -0.4 is 5.32 Å². The Hall–Kier alpha value is -1.11. The Morgan fingerprint density at radius 1 is 1.33 bits per heavy atom. The van der Waals surface area contributed by atoms with E-state index in [9.17, 15) is 9.59 Å². The molecule has 96 valence electrons. The van der Waals surface area contributed by atoms with Crippen molar-refractivity contribution in [2.75, 3.05) is 0 Å². The van der Waals surface area contributed by atoms with Crippen molar-refractivity contribution < 1.29 is 14.7 Å². The number of halogens is 1. The second-order valence-corrected chi connectivity index (χ2v) is 5.80. The van der Waals surface area contributed by atoms with E-state index in [4.69, 9.17) is 5.11 Å². The third kappa shape index (κ3) is 3.69. The van der Waals surface area contributed by atoms with Gasteiger partial charge in [0.05, 0.1) is 0 Å². The Labute approximate surface area is 119 Å². The van der Waals surface area contributed by atoms with E-state index in [1.54, 1.807) is 12.1 Å². The molecular formula is C13H14INO3. The lowest BCUT2D eigenvalue weighted by Crippen LogP contribution is -2.41. The molecule has 0 aromatic heterocycles. The molecule has 0 bridgehead atoms. The van der Waals surface area contributed by atoms with Crippen molar-refractivity contribution in [3.63, 3.8) is 0 Å². The van der Waals surface area contributed by atoms with E-state index in [2.05, 4.69) is 27.9 Å². The molecule has 0 aliphatic heterocycles. The third-order valence-corrected chi connectivity index (χ3v) is 3.69. The largest absolute Gasteiger partial charge is 0.480 e. The summed E-state index contributed by atoms with van der Waals surface area (Å²) in [5.41, 5.74) is 0.498. The molecule has 1 saturated carbocycles. The first-order chi connectivity index (χ1) is 8.56. The molecular weight excluding hydrogens is 345 g/mol. The number of carbonyl (C=O) groups is 2. The summed E-state index contributed by atoms with van der Waals surface area (Å²) in [6.07, 6.45) is 2.68. The molecule has 1 atom stereocenters. The Morgan fingerprint density at radius 3 is 2.44 bits per heavy atom.